The second-order valence-electron chi connectivity index (χ2n) is 4.51. The molecule has 0 amide bonds. The summed E-state index contributed by atoms with van der Waals surface area (Å²) >= 11 is 0. The number of likely N-dealkylation sites (N-methyl/N-ethyl adjacent to an activating group) is 1. The number of aromatic nitrogens is 2. The maximum Gasteiger partial charge on any atom is 0.228 e. The second kappa shape index (κ2) is 5.92. The molecule has 3 rings (SSSR count). The van der Waals surface area contributed by atoms with Crippen LogP contribution in [0.3, 0.4) is 0 Å². The quantitative estimate of drug-likeness (QED) is 0.838. The molecule has 1 aliphatic heterocycles. The van der Waals surface area contributed by atoms with E-state index in [9.17, 15) is 0 Å². The highest BCUT2D eigenvalue weighted by Gasteiger charge is 2.26. The summed E-state index contributed by atoms with van der Waals surface area (Å²) < 4.78 is 16.7. The van der Waals surface area contributed by atoms with E-state index in [1.165, 1.54) is 0 Å². The maximum atomic E-state index is 5.83. The molecule has 0 radical (unpaired) electrons. The van der Waals surface area contributed by atoms with Gasteiger partial charge in [-0.05, 0) is 18.7 Å². The average Bonchev–Trinajstić information content (AvgIpc) is 2.96. The molecule has 0 bridgehead atoms. The predicted octanol–water partition coefficient (Wildman–Crippen LogP) is 1.73. The van der Waals surface area contributed by atoms with Gasteiger partial charge in [0.25, 0.3) is 0 Å². The zero-order valence-electron chi connectivity index (χ0n) is 11.3. The molecule has 1 aromatic heterocycles. The lowest BCUT2D eigenvalue weighted by Gasteiger charge is -2.24. The molecule has 1 atom stereocenters. The molecule has 0 saturated carbocycles. The molecular formula is C14H17N3O3. The van der Waals surface area contributed by atoms with Gasteiger partial charge in [0.05, 0.1) is 0 Å². The fraction of sp³-hybridized carbons (Fsp3) is 0.429. The van der Waals surface area contributed by atoms with Crippen molar-refractivity contribution in [3.05, 3.63) is 36.0 Å². The summed E-state index contributed by atoms with van der Waals surface area (Å²) in [7, 11) is 0. The van der Waals surface area contributed by atoms with Crippen LogP contribution >= 0.6 is 0 Å². The highest BCUT2D eigenvalue weighted by Crippen LogP contribution is 2.34. The minimum absolute atomic E-state index is 0.318. The number of benzene rings is 1. The summed E-state index contributed by atoms with van der Waals surface area (Å²) in [4.78, 5) is 4.36. The van der Waals surface area contributed by atoms with Crippen LogP contribution in [0.4, 0.5) is 0 Å². The van der Waals surface area contributed by atoms with Crippen LogP contribution in [0.15, 0.2) is 28.8 Å². The molecule has 2 heterocycles. The zero-order chi connectivity index (χ0) is 13.8. The lowest BCUT2D eigenvalue weighted by atomic mass is 10.2. The molecule has 106 valence electrons. The Morgan fingerprint density at radius 3 is 3.00 bits per heavy atom. The van der Waals surface area contributed by atoms with Gasteiger partial charge in [-0.1, -0.05) is 24.2 Å². The molecule has 0 aliphatic carbocycles. The first-order valence-corrected chi connectivity index (χ1v) is 6.78. The first kappa shape index (κ1) is 12.9. The summed E-state index contributed by atoms with van der Waals surface area (Å²) in [5, 5.41) is 7.19. The van der Waals surface area contributed by atoms with Crippen molar-refractivity contribution >= 4 is 0 Å². The minimum Gasteiger partial charge on any atom is -0.485 e. The van der Waals surface area contributed by atoms with Crippen molar-refractivity contribution in [3.63, 3.8) is 0 Å². The van der Waals surface area contributed by atoms with E-state index in [0.717, 1.165) is 18.8 Å². The van der Waals surface area contributed by atoms with Crippen LogP contribution in [-0.4, -0.2) is 29.8 Å². The van der Waals surface area contributed by atoms with Gasteiger partial charge in [0.1, 0.15) is 6.61 Å². The Labute approximate surface area is 117 Å². The van der Waals surface area contributed by atoms with Gasteiger partial charge in [0.2, 0.25) is 11.7 Å². The van der Waals surface area contributed by atoms with Gasteiger partial charge in [0, 0.05) is 13.0 Å². The van der Waals surface area contributed by atoms with Gasteiger partial charge in [0.15, 0.2) is 17.6 Å². The van der Waals surface area contributed by atoms with E-state index >= 15 is 0 Å². The molecule has 1 unspecified atom stereocenters. The van der Waals surface area contributed by atoms with Crippen LogP contribution in [0.2, 0.25) is 0 Å². The highest BCUT2D eigenvalue weighted by atomic mass is 16.6. The molecule has 1 aromatic carbocycles. The van der Waals surface area contributed by atoms with Crippen molar-refractivity contribution in [1.29, 1.82) is 0 Å². The van der Waals surface area contributed by atoms with Crippen molar-refractivity contribution in [2.45, 2.75) is 19.4 Å². The molecule has 0 spiro atoms. The highest BCUT2D eigenvalue weighted by molar-refractivity contribution is 5.40. The summed E-state index contributed by atoms with van der Waals surface area (Å²) in [6, 6.07) is 7.57. The zero-order valence-corrected chi connectivity index (χ0v) is 11.3. The van der Waals surface area contributed by atoms with Crippen molar-refractivity contribution in [2.24, 2.45) is 0 Å². The number of hydrogen-bond donors (Lipinski definition) is 1. The fourth-order valence-electron chi connectivity index (χ4n) is 2.02. The van der Waals surface area contributed by atoms with Crippen molar-refractivity contribution in [1.82, 2.24) is 15.5 Å². The third-order valence-corrected chi connectivity index (χ3v) is 3.05. The van der Waals surface area contributed by atoms with E-state index in [4.69, 9.17) is 14.0 Å². The first-order valence-electron chi connectivity index (χ1n) is 6.78. The van der Waals surface area contributed by atoms with Crippen LogP contribution in [0.25, 0.3) is 0 Å². The van der Waals surface area contributed by atoms with Gasteiger partial charge < -0.3 is 19.3 Å². The van der Waals surface area contributed by atoms with Crippen LogP contribution < -0.4 is 14.8 Å². The Kier molecular flexibility index (Phi) is 3.83. The van der Waals surface area contributed by atoms with E-state index in [1.54, 1.807) is 0 Å². The van der Waals surface area contributed by atoms with Gasteiger partial charge in [-0.3, -0.25) is 0 Å². The molecule has 20 heavy (non-hydrogen) atoms. The normalized spacial score (nSPS) is 17.1. The third-order valence-electron chi connectivity index (χ3n) is 3.05. The van der Waals surface area contributed by atoms with Crippen LogP contribution in [0, 0.1) is 0 Å². The number of hydrogen-bond acceptors (Lipinski definition) is 6. The van der Waals surface area contributed by atoms with Gasteiger partial charge in [-0.2, -0.15) is 4.98 Å². The fourth-order valence-corrected chi connectivity index (χ4v) is 2.02. The summed E-state index contributed by atoms with van der Waals surface area (Å²) in [6.07, 6.45) is 0.395. The lowest BCUT2D eigenvalue weighted by Crippen LogP contribution is -2.22. The Hall–Kier alpha value is -2.08. The predicted molar refractivity (Wildman–Crippen MR) is 71.9 cm³/mol. The topological polar surface area (TPSA) is 69.4 Å². The van der Waals surface area contributed by atoms with Crippen LogP contribution in [0.1, 0.15) is 24.7 Å². The monoisotopic (exact) mass is 275 g/mol. The van der Waals surface area contributed by atoms with Crippen LogP contribution in [0.5, 0.6) is 11.5 Å². The minimum atomic E-state index is -0.318. The SMILES string of the molecule is CCNCCc1nc(C2COc3ccccc3O2)no1. The van der Waals surface area contributed by atoms with Crippen LogP contribution in [-0.2, 0) is 6.42 Å². The van der Waals surface area contributed by atoms with Crippen molar-refractivity contribution < 1.29 is 14.0 Å². The summed E-state index contributed by atoms with van der Waals surface area (Å²) in [5.41, 5.74) is 0. The number of ether oxygens (including phenoxy) is 2. The number of nitrogens with one attached hydrogen (secondary N) is 1. The third kappa shape index (κ3) is 2.75. The molecular weight excluding hydrogens is 258 g/mol. The van der Waals surface area contributed by atoms with E-state index in [-0.39, 0.29) is 6.10 Å². The standard InChI is InChI=1S/C14H17N3O3/c1-2-15-8-7-13-16-14(17-20-13)12-9-18-10-5-3-4-6-11(10)19-12/h3-6,12,15H,2,7-9H2,1H3. The van der Waals surface area contributed by atoms with E-state index in [2.05, 4.69) is 22.4 Å². The first-order chi connectivity index (χ1) is 9.86. The van der Waals surface area contributed by atoms with Gasteiger partial charge in [-0.25, -0.2) is 0 Å². The second-order valence-corrected chi connectivity index (χ2v) is 4.51. The molecule has 0 saturated heterocycles. The molecule has 2 aromatic rings. The molecule has 1 aliphatic rings. The molecule has 0 fully saturated rings. The maximum absolute atomic E-state index is 5.83. The van der Waals surface area contributed by atoms with Gasteiger partial charge in [-0.15, -0.1) is 0 Å². The Morgan fingerprint density at radius 1 is 1.30 bits per heavy atom. The Balaban J connectivity index is 1.66. The smallest absolute Gasteiger partial charge is 0.228 e. The van der Waals surface area contributed by atoms with E-state index in [0.29, 0.717) is 30.5 Å². The van der Waals surface area contributed by atoms with Gasteiger partial charge >= 0.3 is 0 Å². The average molecular weight is 275 g/mol. The van der Waals surface area contributed by atoms with E-state index in [1.807, 2.05) is 24.3 Å². The number of nitrogens with zero attached hydrogens (tertiary/aromatic N) is 2. The largest absolute Gasteiger partial charge is 0.485 e. The summed E-state index contributed by atoms with van der Waals surface area (Å²) in [5.74, 6) is 2.61. The number of rotatable bonds is 5. The number of fused-ring (bicyclic) bond motifs is 1. The molecule has 6 nitrogen and oxygen atoms in total. The Bertz CT molecular complexity index is 570. The molecule has 6 heteroatoms. The molecule has 1 N–H and O–H groups in total. The Morgan fingerprint density at radius 2 is 2.15 bits per heavy atom. The summed E-state index contributed by atoms with van der Waals surface area (Å²) in [6.45, 7) is 4.20. The van der Waals surface area contributed by atoms with Crippen molar-refractivity contribution in [2.75, 3.05) is 19.7 Å². The van der Waals surface area contributed by atoms with Crippen molar-refractivity contribution in [3.8, 4) is 11.5 Å². The number of para-hydroxylation sites is 2. The lowest BCUT2D eigenvalue weighted by molar-refractivity contribution is 0.0832. The van der Waals surface area contributed by atoms with E-state index < -0.39 is 0 Å².